The Bertz CT molecular complexity index is 368. The lowest BCUT2D eigenvalue weighted by Crippen LogP contribution is -2.19. The van der Waals surface area contributed by atoms with Crippen LogP contribution < -0.4 is 0 Å². The van der Waals surface area contributed by atoms with Crippen molar-refractivity contribution in [2.75, 3.05) is 0 Å². The van der Waals surface area contributed by atoms with Crippen molar-refractivity contribution in [2.45, 2.75) is 52.4 Å². The predicted octanol–water partition coefficient (Wildman–Crippen LogP) is 3.57. The Morgan fingerprint density at radius 2 is 1.62 bits per heavy atom. The molecule has 0 aliphatic carbocycles. The number of furan rings is 1. The van der Waals surface area contributed by atoms with Gasteiger partial charge >= 0.3 is 5.97 Å². The van der Waals surface area contributed by atoms with Crippen LogP contribution in [0.1, 0.15) is 63.4 Å². The van der Waals surface area contributed by atoms with Gasteiger partial charge in [-0.3, -0.25) is 0 Å². The Balaban J connectivity index is 3.41. The molecule has 0 unspecified atom stereocenters. The fraction of sp³-hybridized carbons (Fsp3) is 0.615. The number of hydrogen-bond donors (Lipinski definition) is 1. The molecule has 16 heavy (non-hydrogen) atoms. The first-order chi connectivity index (χ1) is 7.03. The molecule has 90 valence electrons. The van der Waals surface area contributed by atoms with Gasteiger partial charge in [-0.15, -0.1) is 0 Å². The summed E-state index contributed by atoms with van der Waals surface area (Å²) in [4.78, 5) is 10.9. The van der Waals surface area contributed by atoms with Crippen molar-refractivity contribution < 1.29 is 14.3 Å². The van der Waals surface area contributed by atoms with E-state index in [-0.39, 0.29) is 16.6 Å². The van der Waals surface area contributed by atoms with E-state index in [9.17, 15) is 4.79 Å². The highest BCUT2D eigenvalue weighted by molar-refractivity contribution is 5.84. The third-order valence-corrected chi connectivity index (χ3v) is 2.43. The molecule has 1 aromatic rings. The van der Waals surface area contributed by atoms with Gasteiger partial charge in [0.1, 0.15) is 5.76 Å². The number of carboxylic acids is 1. The molecule has 0 fully saturated rings. The van der Waals surface area contributed by atoms with Crippen molar-refractivity contribution in [3.8, 4) is 0 Å². The van der Waals surface area contributed by atoms with Crippen LogP contribution in [0.25, 0.3) is 0 Å². The van der Waals surface area contributed by atoms with Crippen molar-refractivity contribution in [3.63, 3.8) is 0 Å². The van der Waals surface area contributed by atoms with E-state index >= 15 is 0 Å². The van der Waals surface area contributed by atoms with E-state index in [1.807, 2.05) is 20.8 Å². The van der Waals surface area contributed by atoms with Crippen LogP contribution >= 0.6 is 0 Å². The maximum absolute atomic E-state index is 10.9. The van der Waals surface area contributed by atoms with E-state index < -0.39 is 5.97 Å². The Morgan fingerprint density at radius 3 is 1.88 bits per heavy atom. The van der Waals surface area contributed by atoms with Crippen molar-refractivity contribution in [2.24, 2.45) is 0 Å². The fourth-order valence-electron chi connectivity index (χ4n) is 1.61. The smallest absolute Gasteiger partial charge is 0.371 e. The Labute approximate surface area is 96.5 Å². The van der Waals surface area contributed by atoms with E-state index in [0.717, 1.165) is 11.3 Å². The summed E-state index contributed by atoms with van der Waals surface area (Å²) in [6.45, 7) is 12.2. The molecule has 0 aliphatic heterocycles. The third-order valence-electron chi connectivity index (χ3n) is 2.43. The molecule has 0 saturated carbocycles. The fourth-order valence-corrected chi connectivity index (χ4v) is 1.61. The van der Waals surface area contributed by atoms with Gasteiger partial charge in [-0.1, -0.05) is 41.5 Å². The second-order valence-corrected chi connectivity index (χ2v) is 6.16. The average molecular weight is 224 g/mol. The molecule has 1 aromatic heterocycles. The topological polar surface area (TPSA) is 50.4 Å². The highest BCUT2D eigenvalue weighted by atomic mass is 16.4. The molecule has 0 aliphatic rings. The minimum absolute atomic E-state index is 0.0230. The summed E-state index contributed by atoms with van der Waals surface area (Å²) in [5, 5.41) is 8.96. The first-order valence-corrected chi connectivity index (χ1v) is 5.41. The summed E-state index contributed by atoms with van der Waals surface area (Å²) in [5.41, 5.74) is 0.674. The summed E-state index contributed by atoms with van der Waals surface area (Å²) < 4.78 is 5.47. The highest BCUT2D eigenvalue weighted by Crippen LogP contribution is 2.36. The monoisotopic (exact) mass is 224 g/mol. The van der Waals surface area contributed by atoms with Crippen LogP contribution in [0.15, 0.2) is 10.5 Å². The lowest BCUT2D eigenvalue weighted by molar-refractivity contribution is 0.0658. The number of carbonyl (C=O) groups is 1. The summed E-state index contributed by atoms with van der Waals surface area (Å²) in [6.07, 6.45) is 0. The second-order valence-electron chi connectivity index (χ2n) is 6.16. The lowest BCUT2D eigenvalue weighted by atomic mass is 9.80. The SMILES string of the molecule is CC(C)(C)c1cc(C(=O)O)oc1C(C)(C)C. The van der Waals surface area contributed by atoms with Gasteiger partial charge in [0, 0.05) is 11.0 Å². The predicted molar refractivity (Wildman–Crippen MR) is 63.1 cm³/mol. The Hall–Kier alpha value is -1.25. The highest BCUT2D eigenvalue weighted by Gasteiger charge is 2.31. The van der Waals surface area contributed by atoms with Crippen LogP contribution in [0, 0.1) is 0 Å². The number of carboxylic acid groups (broad SMARTS) is 1. The lowest BCUT2D eigenvalue weighted by Gasteiger charge is -2.24. The van der Waals surface area contributed by atoms with Crippen LogP contribution in [-0.2, 0) is 10.8 Å². The molecule has 0 amide bonds. The van der Waals surface area contributed by atoms with E-state index in [1.54, 1.807) is 6.07 Å². The maximum Gasteiger partial charge on any atom is 0.371 e. The zero-order chi connectivity index (χ0) is 12.7. The molecule has 1 rings (SSSR count). The van der Waals surface area contributed by atoms with Gasteiger partial charge in [-0.2, -0.15) is 0 Å². The molecule has 0 atom stereocenters. The third kappa shape index (κ3) is 2.46. The van der Waals surface area contributed by atoms with Crippen LogP contribution in [0.3, 0.4) is 0 Å². The molecule has 1 heterocycles. The first-order valence-electron chi connectivity index (χ1n) is 5.41. The van der Waals surface area contributed by atoms with Gasteiger partial charge in [-0.25, -0.2) is 4.79 Å². The molecule has 0 radical (unpaired) electrons. The summed E-state index contributed by atoms with van der Waals surface area (Å²) >= 11 is 0. The molecule has 3 nitrogen and oxygen atoms in total. The van der Waals surface area contributed by atoms with Crippen LogP contribution in [0.5, 0.6) is 0 Å². The summed E-state index contributed by atoms with van der Waals surface area (Å²) in [6, 6.07) is 1.64. The van der Waals surface area contributed by atoms with Crippen LogP contribution in [-0.4, -0.2) is 11.1 Å². The van der Waals surface area contributed by atoms with Crippen LogP contribution in [0.4, 0.5) is 0 Å². The van der Waals surface area contributed by atoms with Crippen LogP contribution in [0.2, 0.25) is 0 Å². The zero-order valence-electron chi connectivity index (χ0n) is 10.8. The Kier molecular flexibility index (Phi) is 2.92. The van der Waals surface area contributed by atoms with Gasteiger partial charge in [0.2, 0.25) is 5.76 Å². The number of aromatic carboxylic acids is 1. The largest absolute Gasteiger partial charge is 0.475 e. The Morgan fingerprint density at radius 1 is 1.12 bits per heavy atom. The number of rotatable bonds is 1. The number of hydrogen-bond acceptors (Lipinski definition) is 2. The van der Waals surface area contributed by atoms with Crippen molar-refractivity contribution in [1.82, 2.24) is 0 Å². The average Bonchev–Trinajstić information content (AvgIpc) is 2.44. The minimum Gasteiger partial charge on any atom is -0.475 e. The molecule has 1 N–H and O–H groups in total. The van der Waals surface area contributed by atoms with Gasteiger partial charge in [0.05, 0.1) is 0 Å². The second kappa shape index (κ2) is 3.65. The molecule has 0 saturated heterocycles. The van der Waals surface area contributed by atoms with E-state index in [1.165, 1.54) is 0 Å². The molecule has 3 heteroatoms. The molecular weight excluding hydrogens is 204 g/mol. The van der Waals surface area contributed by atoms with E-state index in [0.29, 0.717) is 0 Å². The first kappa shape index (κ1) is 12.8. The zero-order valence-corrected chi connectivity index (χ0v) is 10.8. The summed E-state index contributed by atoms with van der Waals surface area (Å²) in [5.74, 6) is -0.228. The summed E-state index contributed by atoms with van der Waals surface area (Å²) in [7, 11) is 0. The van der Waals surface area contributed by atoms with Gasteiger partial charge < -0.3 is 9.52 Å². The molecule has 0 aromatic carbocycles. The molecule has 0 spiro atoms. The van der Waals surface area contributed by atoms with E-state index in [4.69, 9.17) is 9.52 Å². The standard InChI is InChI=1S/C13H20O3/c1-12(2,3)8-7-9(11(14)15)16-10(8)13(4,5)6/h7H,1-6H3,(H,14,15). The quantitative estimate of drug-likeness (QED) is 0.793. The van der Waals surface area contributed by atoms with Crippen molar-refractivity contribution >= 4 is 5.97 Å². The normalized spacial score (nSPS) is 12.9. The minimum atomic E-state index is -1.01. The maximum atomic E-state index is 10.9. The van der Waals surface area contributed by atoms with Gasteiger partial charge in [0.25, 0.3) is 0 Å². The van der Waals surface area contributed by atoms with Gasteiger partial charge in [0.15, 0.2) is 0 Å². The molecule has 0 bridgehead atoms. The molecular formula is C13H20O3. The van der Waals surface area contributed by atoms with Crippen molar-refractivity contribution in [1.29, 1.82) is 0 Å². The van der Waals surface area contributed by atoms with Crippen molar-refractivity contribution in [3.05, 3.63) is 23.2 Å². The van der Waals surface area contributed by atoms with Gasteiger partial charge in [-0.05, 0) is 11.5 Å². The van der Waals surface area contributed by atoms with E-state index in [2.05, 4.69) is 20.8 Å².